The zero-order valence-electron chi connectivity index (χ0n) is 43.7. The van der Waals surface area contributed by atoms with Gasteiger partial charge in [-0.05, 0) is 96.3 Å². The lowest BCUT2D eigenvalue weighted by Gasteiger charge is -2.18. The number of hydrogen-bond donors (Lipinski definition) is 0. The predicted molar refractivity (Wildman–Crippen MR) is 284 cm³/mol. The number of allylic oxidation sites excluding steroid dienone is 10. The summed E-state index contributed by atoms with van der Waals surface area (Å²) in [6.07, 6.45) is 68.0. The van der Waals surface area contributed by atoms with Crippen LogP contribution in [0.1, 0.15) is 284 Å². The van der Waals surface area contributed by atoms with Gasteiger partial charge in [-0.25, -0.2) is 0 Å². The van der Waals surface area contributed by atoms with Gasteiger partial charge in [0.2, 0.25) is 0 Å². The highest BCUT2D eigenvalue weighted by Crippen LogP contribution is 2.16. The zero-order chi connectivity index (χ0) is 47.9. The van der Waals surface area contributed by atoms with Gasteiger partial charge in [0.1, 0.15) is 13.2 Å². The topological polar surface area (TPSA) is 78.9 Å². The summed E-state index contributed by atoms with van der Waals surface area (Å²) in [5, 5.41) is 0. The van der Waals surface area contributed by atoms with Gasteiger partial charge in [-0.1, -0.05) is 229 Å². The van der Waals surface area contributed by atoms with Crippen molar-refractivity contribution in [3.8, 4) is 0 Å². The highest BCUT2D eigenvalue weighted by atomic mass is 16.6. The van der Waals surface area contributed by atoms with Crippen molar-refractivity contribution in [2.75, 3.05) is 13.2 Å². The predicted octanol–water partition coefficient (Wildman–Crippen LogP) is 18.8. The van der Waals surface area contributed by atoms with Crippen LogP contribution >= 0.6 is 0 Å². The highest BCUT2D eigenvalue weighted by molar-refractivity contribution is 5.71. The third-order valence-corrected chi connectivity index (χ3v) is 12.2. The largest absolute Gasteiger partial charge is 0.462 e. The lowest BCUT2D eigenvalue weighted by molar-refractivity contribution is -0.167. The second-order valence-electron chi connectivity index (χ2n) is 18.8. The first-order valence-corrected chi connectivity index (χ1v) is 28.3. The lowest BCUT2D eigenvalue weighted by atomic mass is 10.0. The Morgan fingerprint density at radius 2 is 0.576 bits per heavy atom. The fraction of sp³-hybridized carbons (Fsp3) is 0.783. The Kier molecular flexibility index (Phi) is 52.3. The first-order chi connectivity index (χ1) is 32.5. The van der Waals surface area contributed by atoms with Crippen LogP contribution in [0.3, 0.4) is 0 Å². The summed E-state index contributed by atoms with van der Waals surface area (Å²) in [6, 6.07) is 0. The van der Waals surface area contributed by atoms with E-state index in [4.69, 9.17) is 14.2 Å². The zero-order valence-corrected chi connectivity index (χ0v) is 43.7. The highest BCUT2D eigenvalue weighted by Gasteiger charge is 2.19. The average molecular weight is 924 g/mol. The van der Waals surface area contributed by atoms with Crippen LogP contribution in [0.25, 0.3) is 0 Å². The third kappa shape index (κ3) is 52.1. The first kappa shape index (κ1) is 63.1. The maximum atomic E-state index is 12.8. The van der Waals surface area contributed by atoms with Crippen LogP contribution in [0.2, 0.25) is 0 Å². The molecule has 0 rings (SSSR count). The summed E-state index contributed by atoms with van der Waals surface area (Å²) >= 11 is 0. The Balaban J connectivity index is 4.20. The average Bonchev–Trinajstić information content (AvgIpc) is 3.31. The van der Waals surface area contributed by atoms with E-state index in [2.05, 4.69) is 81.5 Å². The summed E-state index contributed by atoms with van der Waals surface area (Å²) in [5.74, 6) is -0.902. The number of rotatable bonds is 51. The molecule has 0 aliphatic rings. The van der Waals surface area contributed by atoms with E-state index < -0.39 is 6.10 Å². The Morgan fingerprint density at radius 1 is 0.303 bits per heavy atom. The third-order valence-electron chi connectivity index (χ3n) is 12.2. The number of carbonyl (C=O) groups excluding carboxylic acids is 3. The smallest absolute Gasteiger partial charge is 0.306 e. The van der Waals surface area contributed by atoms with Crippen molar-refractivity contribution in [3.05, 3.63) is 60.8 Å². The number of ether oxygens (including phenoxy) is 3. The fourth-order valence-corrected chi connectivity index (χ4v) is 7.93. The van der Waals surface area contributed by atoms with Gasteiger partial charge in [-0.15, -0.1) is 0 Å². The molecule has 0 N–H and O–H groups in total. The molecule has 0 saturated heterocycles. The Hall–Kier alpha value is -2.89. The molecule has 6 nitrogen and oxygen atoms in total. The number of unbranched alkanes of at least 4 members (excludes halogenated alkanes) is 30. The van der Waals surface area contributed by atoms with Gasteiger partial charge in [0.05, 0.1) is 0 Å². The van der Waals surface area contributed by atoms with Crippen molar-refractivity contribution in [2.45, 2.75) is 290 Å². The van der Waals surface area contributed by atoms with E-state index in [0.717, 1.165) is 109 Å². The molecule has 0 spiro atoms. The van der Waals surface area contributed by atoms with Crippen molar-refractivity contribution in [3.63, 3.8) is 0 Å². The molecular weight excluding hydrogens is 817 g/mol. The monoisotopic (exact) mass is 923 g/mol. The van der Waals surface area contributed by atoms with Crippen LogP contribution in [0.5, 0.6) is 0 Å². The van der Waals surface area contributed by atoms with E-state index in [-0.39, 0.29) is 31.1 Å². The van der Waals surface area contributed by atoms with Crippen molar-refractivity contribution in [1.29, 1.82) is 0 Å². The molecule has 1 unspecified atom stereocenters. The molecule has 0 heterocycles. The molecule has 0 aromatic carbocycles. The van der Waals surface area contributed by atoms with E-state index in [1.807, 2.05) is 0 Å². The van der Waals surface area contributed by atoms with Gasteiger partial charge in [0.15, 0.2) is 6.10 Å². The molecule has 0 amide bonds. The second-order valence-corrected chi connectivity index (χ2v) is 18.8. The van der Waals surface area contributed by atoms with Crippen LogP contribution < -0.4 is 0 Å². The SMILES string of the molecule is CCC/C=C\C/C=C\CCCCCCCC(=O)OC(COC(=O)CCCCCCC/C=C\CCC)COC(=O)CCCCCCCCCCCCCCC/C=C\C/C=C\CCCCCCC. The fourth-order valence-electron chi connectivity index (χ4n) is 7.93. The summed E-state index contributed by atoms with van der Waals surface area (Å²) < 4.78 is 16.8. The molecule has 0 aromatic rings. The van der Waals surface area contributed by atoms with E-state index in [1.54, 1.807) is 0 Å². The molecule has 0 fully saturated rings. The normalized spacial score (nSPS) is 12.5. The molecular formula is C60H106O6. The number of esters is 3. The van der Waals surface area contributed by atoms with Gasteiger partial charge in [-0.2, -0.15) is 0 Å². The Morgan fingerprint density at radius 3 is 0.924 bits per heavy atom. The van der Waals surface area contributed by atoms with Crippen LogP contribution in [0.15, 0.2) is 60.8 Å². The molecule has 0 radical (unpaired) electrons. The van der Waals surface area contributed by atoms with Crippen LogP contribution in [0.4, 0.5) is 0 Å². The summed E-state index contributed by atoms with van der Waals surface area (Å²) in [7, 11) is 0. The Labute approximate surface area is 409 Å². The molecule has 1 atom stereocenters. The van der Waals surface area contributed by atoms with Crippen molar-refractivity contribution in [1.82, 2.24) is 0 Å². The summed E-state index contributed by atoms with van der Waals surface area (Å²) in [5.41, 5.74) is 0. The Bertz CT molecular complexity index is 1200. The van der Waals surface area contributed by atoms with E-state index in [1.165, 1.54) is 135 Å². The maximum Gasteiger partial charge on any atom is 0.306 e. The molecule has 0 aliphatic carbocycles. The first-order valence-electron chi connectivity index (χ1n) is 28.3. The minimum Gasteiger partial charge on any atom is -0.462 e. The number of hydrogen-bond acceptors (Lipinski definition) is 6. The molecule has 382 valence electrons. The van der Waals surface area contributed by atoms with E-state index >= 15 is 0 Å². The summed E-state index contributed by atoms with van der Waals surface area (Å²) in [6.45, 7) is 6.50. The quantitative estimate of drug-likeness (QED) is 0.0262. The van der Waals surface area contributed by atoms with Crippen LogP contribution in [-0.2, 0) is 28.6 Å². The van der Waals surface area contributed by atoms with Crippen molar-refractivity contribution >= 4 is 17.9 Å². The number of carbonyl (C=O) groups is 3. The van der Waals surface area contributed by atoms with Crippen molar-refractivity contribution < 1.29 is 28.6 Å². The molecule has 6 heteroatoms. The van der Waals surface area contributed by atoms with Gasteiger partial charge >= 0.3 is 17.9 Å². The van der Waals surface area contributed by atoms with Gasteiger partial charge in [0, 0.05) is 19.3 Å². The van der Waals surface area contributed by atoms with Gasteiger partial charge < -0.3 is 14.2 Å². The summed E-state index contributed by atoms with van der Waals surface area (Å²) in [4.78, 5) is 38.0. The second kappa shape index (κ2) is 54.7. The lowest BCUT2D eigenvalue weighted by Crippen LogP contribution is -2.30. The molecule has 0 aromatic heterocycles. The minimum absolute atomic E-state index is 0.0821. The molecule has 0 bridgehead atoms. The maximum absolute atomic E-state index is 12.8. The van der Waals surface area contributed by atoms with E-state index in [0.29, 0.717) is 19.3 Å². The minimum atomic E-state index is -0.783. The van der Waals surface area contributed by atoms with Crippen LogP contribution in [0, 0.1) is 0 Å². The molecule has 0 aliphatic heterocycles. The molecule has 0 saturated carbocycles. The van der Waals surface area contributed by atoms with Crippen LogP contribution in [-0.4, -0.2) is 37.2 Å². The van der Waals surface area contributed by atoms with E-state index in [9.17, 15) is 14.4 Å². The van der Waals surface area contributed by atoms with Gasteiger partial charge in [0.25, 0.3) is 0 Å². The molecule has 66 heavy (non-hydrogen) atoms. The standard InChI is InChI=1S/C60H106O6/c1-4-7-10-13-16-19-22-24-25-26-27-28-29-30-31-32-33-34-35-37-38-41-44-47-50-53-59(62)65-56-57(55-64-58(61)52-49-46-43-40-21-18-15-12-9-6-3)66-60(63)54-51-48-45-42-39-36-23-20-17-14-11-8-5-2/h11-12,14-15,20,22-24,26-27,57H,4-10,13,16-19,21,25,28-56H2,1-3H3/b14-11-,15-12-,23-20-,24-22-,27-26-. The van der Waals surface area contributed by atoms with Crippen molar-refractivity contribution in [2.24, 2.45) is 0 Å². The van der Waals surface area contributed by atoms with Gasteiger partial charge in [-0.3, -0.25) is 14.4 Å².